The molecule has 0 amide bonds. The molecule has 0 fully saturated rings. The molecule has 0 aromatic carbocycles. The zero-order valence-corrected chi connectivity index (χ0v) is 5.35. The van der Waals surface area contributed by atoms with Gasteiger partial charge in [-0.2, -0.15) is 14.2 Å². The van der Waals surface area contributed by atoms with Gasteiger partial charge in [-0.15, -0.1) is 0 Å². The van der Waals surface area contributed by atoms with Crippen LogP contribution in [0.1, 0.15) is 0 Å². The average molecular weight is 106 g/mol. The topological polar surface area (TPSA) is 46.1 Å². The van der Waals surface area contributed by atoms with Gasteiger partial charge < -0.3 is 10.2 Å². The minimum absolute atomic E-state index is 0. The molecule has 0 aliphatic rings. The zero-order chi connectivity index (χ0) is 4.00. The fourth-order valence-electron chi connectivity index (χ4n) is 0. The predicted molar refractivity (Wildman–Crippen MR) is 20.1 cm³/mol. The Labute approximate surface area is 52.7 Å². The quantitative estimate of drug-likeness (QED) is 0.327. The Morgan fingerprint density at radius 2 is 0.833 bits per heavy atom. The van der Waals surface area contributed by atoms with Crippen molar-refractivity contribution in [3.63, 3.8) is 0 Å². The molecular weight excluding hydrogens is 99.3 g/mol. The molecule has 0 unspecified atom stereocenters. The van der Waals surface area contributed by atoms with E-state index in [2.05, 4.69) is 0 Å². The largest absolute Gasteiger partial charge is 2.00 e. The maximum atomic E-state index is 8.25. The molecule has 0 aromatic heterocycles. The van der Waals surface area contributed by atoms with E-state index in [4.69, 9.17) is 10.2 Å². The molecule has 0 aliphatic heterocycles. The molecular formula is C2H7FMgO2. The molecule has 4 heteroatoms. The summed E-state index contributed by atoms with van der Waals surface area (Å²) in [7, 11) is 1.50. The summed E-state index contributed by atoms with van der Waals surface area (Å²) < 4.78 is 0. The van der Waals surface area contributed by atoms with Crippen LogP contribution >= 0.6 is 0 Å². The van der Waals surface area contributed by atoms with Crippen LogP contribution in [0.25, 0.3) is 0 Å². The van der Waals surface area contributed by atoms with E-state index in [9.17, 15) is 0 Å². The third kappa shape index (κ3) is 159. The Balaban J connectivity index is -0.00000000500. The molecule has 0 spiro atoms. The summed E-state index contributed by atoms with van der Waals surface area (Å²) >= 11 is 0. The number of rotatable bonds is 0. The van der Waals surface area contributed by atoms with E-state index in [0.717, 1.165) is 14.2 Å². The number of hydrogen-bond acceptors (Lipinski definition) is 2. The van der Waals surface area contributed by atoms with Crippen LogP contribution in [0.2, 0.25) is 0 Å². The molecule has 0 atom stereocenters. The molecule has 0 bridgehead atoms. The number of hydrogen-bond donors (Lipinski definition) is 0. The summed E-state index contributed by atoms with van der Waals surface area (Å²) in [6.07, 6.45) is 0. The van der Waals surface area contributed by atoms with Crippen LogP contribution in [0, 0.1) is 0 Å². The Kier molecular flexibility index (Phi) is 1600. The zero-order valence-electron chi connectivity index (χ0n) is 3.93. The van der Waals surface area contributed by atoms with Crippen molar-refractivity contribution in [3.8, 4) is 0 Å². The number of halogens is 1. The SMILES string of the molecule is C[O-].C[O-].F.[Mg+2]. The van der Waals surface area contributed by atoms with Crippen molar-refractivity contribution in [2.75, 3.05) is 14.2 Å². The van der Waals surface area contributed by atoms with E-state index >= 15 is 0 Å². The minimum Gasteiger partial charge on any atom is -0.857 e. The van der Waals surface area contributed by atoms with Gasteiger partial charge in [-0.3, -0.25) is 4.70 Å². The summed E-state index contributed by atoms with van der Waals surface area (Å²) in [5, 5.41) is 16.5. The van der Waals surface area contributed by atoms with Crippen molar-refractivity contribution in [2.45, 2.75) is 0 Å². The maximum absolute atomic E-state index is 8.25. The van der Waals surface area contributed by atoms with Crippen molar-refractivity contribution < 1.29 is 14.9 Å². The van der Waals surface area contributed by atoms with Gasteiger partial charge in [0.25, 0.3) is 0 Å². The Hall–Kier alpha value is 0.616. The van der Waals surface area contributed by atoms with E-state index in [0.29, 0.717) is 0 Å². The Morgan fingerprint density at radius 3 is 0.833 bits per heavy atom. The third-order valence-corrected chi connectivity index (χ3v) is 0. The maximum Gasteiger partial charge on any atom is 2.00 e. The van der Waals surface area contributed by atoms with Gasteiger partial charge in [-0.1, -0.05) is 0 Å². The molecule has 0 saturated carbocycles. The first-order valence-corrected chi connectivity index (χ1v) is 0.816. The summed E-state index contributed by atoms with van der Waals surface area (Å²) in [6.45, 7) is 0. The van der Waals surface area contributed by atoms with Crippen molar-refractivity contribution >= 4 is 23.1 Å². The standard InChI is InChI=1S/2CH3O.FH.Mg/c2*1-2;;/h2*1H3;1H;/q2*-1;;+2. The van der Waals surface area contributed by atoms with Gasteiger partial charge in [0.2, 0.25) is 0 Å². The molecule has 0 N–H and O–H groups in total. The average Bonchev–Trinajstić information content (AvgIpc) is 1.50. The van der Waals surface area contributed by atoms with Gasteiger partial charge in [0.05, 0.1) is 0 Å². The van der Waals surface area contributed by atoms with Crippen LogP contribution in [-0.2, 0) is 0 Å². The van der Waals surface area contributed by atoms with Crippen molar-refractivity contribution in [1.29, 1.82) is 0 Å². The van der Waals surface area contributed by atoms with Crippen molar-refractivity contribution in [1.82, 2.24) is 0 Å². The van der Waals surface area contributed by atoms with Crippen molar-refractivity contribution in [3.05, 3.63) is 0 Å². The second-order valence-electron chi connectivity index (χ2n) is 0. The van der Waals surface area contributed by atoms with Gasteiger partial charge in [0.15, 0.2) is 0 Å². The van der Waals surface area contributed by atoms with E-state index in [1.54, 1.807) is 0 Å². The second kappa shape index (κ2) is 315. The Morgan fingerprint density at radius 1 is 0.833 bits per heavy atom. The molecule has 0 radical (unpaired) electrons. The summed E-state index contributed by atoms with van der Waals surface area (Å²) in [4.78, 5) is 0. The molecule has 0 aliphatic carbocycles. The molecule has 0 aromatic rings. The van der Waals surface area contributed by atoms with Gasteiger partial charge >= 0.3 is 23.1 Å². The van der Waals surface area contributed by atoms with Crippen LogP contribution in [0.5, 0.6) is 0 Å². The molecule has 2 nitrogen and oxygen atoms in total. The van der Waals surface area contributed by atoms with Crippen LogP contribution in [0.3, 0.4) is 0 Å². The normalized spacial score (nSPS) is 2.00. The van der Waals surface area contributed by atoms with E-state index in [-0.39, 0.29) is 27.8 Å². The van der Waals surface area contributed by atoms with Crippen LogP contribution in [0.4, 0.5) is 4.70 Å². The molecule has 0 saturated heterocycles. The van der Waals surface area contributed by atoms with E-state index in [1.165, 1.54) is 0 Å². The first kappa shape index (κ1) is 30.5. The van der Waals surface area contributed by atoms with E-state index < -0.39 is 0 Å². The second-order valence-corrected chi connectivity index (χ2v) is 0. The smallest absolute Gasteiger partial charge is 0.857 e. The minimum atomic E-state index is 0. The fraction of sp³-hybridized carbons (Fsp3) is 1.00. The Bertz CT molecular complexity index is 11.5. The van der Waals surface area contributed by atoms with E-state index in [1.807, 2.05) is 0 Å². The summed E-state index contributed by atoms with van der Waals surface area (Å²) in [6, 6.07) is 0. The predicted octanol–water partition coefficient (Wildman–Crippen LogP) is -2.28. The summed E-state index contributed by atoms with van der Waals surface area (Å²) in [5.74, 6) is 0. The fourth-order valence-corrected chi connectivity index (χ4v) is 0. The van der Waals surface area contributed by atoms with Crippen LogP contribution in [-0.4, -0.2) is 37.3 Å². The monoisotopic (exact) mass is 106 g/mol. The van der Waals surface area contributed by atoms with Gasteiger partial charge in [0, 0.05) is 0 Å². The molecule has 0 rings (SSSR count). The van der Waals surface area contributed by atoms with Crippen molar-refractivity contribution in [2.24, 2.45) is 0 Å². The van der Waals surface area contributed by atoms with Gasteiger partial charge in [-0.05, 0) is 0 Å². The first-order valence-electron chi connectivity index (χ1n) is 0.816. The van der Waals surface area contributed by atoms with Crippen LogP contribution < -0.4 is 10.2 Å². The third-order valence-electron chi connectivity index (χ3n) is 0. The van der Waals surface area contributed by atoms with Crippen LogP contribution in [0.15, 0.2) is 0 Å². The van der Waals surface area contributed by atoms with Gasteiger partial charge in [-0.25, -0.2) is 0 Å². The summed E-state index contributed by atoms with van der Waals surface area (Å²) in [5.41, 5.74) is 0. The first-order chi connectivity index (χ1) is 2.00. The molecule has 6 heavy (non-hydrogen) atoms. The van der Waals surface area contributed by atoms with Gasteiger partial charge in [0.1, 0.15) is 0 Å². The molecule has 0 heterocycles. The molecule has 36 valence electrons.